The van der Waals surface area contributed by atoms with E-state index in [1.54, 1.807) is 7.11 Å². The lowest BCUT2D eigenvalue weighted by Crippen LogP contribution is -2.42. The Hall–Kier alpha value is -0.980. The maximum absolute atomic E-state index is 6.07. The number of rotatable bonds is 5. The van der Waals surface area contributed by atoms with E-state index in [1.807, 2.05) is 12.1 Å². The quantitative estimate of drug-likeness (QED) is 0.346. The van der Waals surface area contributed by atoms with Crippen molar-refractivity contribution in [3.05, 3.63) is 29.8 Å². The number of nitrogens with two attached hydrogens (primary N) is 1. The van der Waals surface area contributed by atoms with Gasteiger partial charge in [0.15, 0.2) is 5.96 Å². The van der Waals surface area contributed by atoms with Crippen molar-refractivity contribution in [1.29, 1.82) is 0 Å². The van der Waals surface area contributed by atoms with Crippen LogP contribution in [0.2, 0.25) is 0 Å². The van der Waals surface area contributed by atoms with Crippen molar-refractivity contribution < 1.29 is 4.74 Å². The van der Waals surface area contributed by atoms with Gasteiger partial charge in [-0.05, 0) is 49.3 Å². The first-order chi connectivity index (χ1) is 10.2. The number of methoxy groups -OCH3 is 1. The van der Waals surface area contributed by atoms with Gasteiger partial charge in [0.05, 0.1) is 7.11 Å². The molecule has 0 aromatic heterocycles. The van der Waals surface area contributed by atoms with Crippen molar-refractivity contribution >= 4 is 29.9 Å². The summed E-state index contributed by atoms with van der Waals surface area (Å²) in [5, 5.41) is 0. The molecule has 5 heteroatoms. The fraction of sp³-hybridized carbons (Fsp3) is 0.588. The maximum atomic E-state index is 6.07. The van der Waals surface area contributed by atoms with E-state index < -0.39 is 0 Å². The molecule has 2 N–H and O–H groups in total. The third kappa shape index (κ3) is 6.02. The van der Waals surface area contributed by atoms with Gasteiger partial charge in [-0.3, -0.25) is 4.99 Å². The van der Waals surface area contributed by atoms with E-state index in [1.165, 1.54) is 18.4 Å². The number of likely N-dealkylation sites (tertiary alicyclic amines) is 1. The molecule has 1 aliphatic rings. The zero-order valence-electron chi connectivity index (χ0n) is 13.6. The number of hydrogen-bond donors (Lipinski definition) is 1. The van der Waals surface area contributed by atoms with E-state index in [0.717, 1.165) is 50.1 Å². The lowest BCUT2D eigenvalue weighted by atomic mass is 10.00. The van der Waals surface area contributed by atoms with E-state index in [4.69, 9.17) is 10.5 Å². The normalized spacial score (nSPS) is 16.3. The maximum Gasteiger partial charge on any atom is 0.191 e. The van der Waals surface area contributed by atoms with Crippen molar-refractivity contribution in [1.82, 2.24) is 4.90 Å². The molecule has 1 aromatic carbocycles. The number of guanidine groups is 1. The van der Waals surface area contributed by atoms with Crippen molar-refractivity contribution in [3.63, 3.8) is 0 Å². The van der Waals surface area contributed by atoms with E-state index >= 15 is 0 Å². The third-order valence-electron chi connectivity index (χ3n) is 4.16. The standard InChI is InChI=1S/C17H27N3O.HI/c1-14-9-12-20(13-10-14)17(18)19-11-3-4-15-5-7-16(21-2)8-6-15;/h5-8,14H,3-4,9-13H2,1-2H3,(H2,18,19);1H. The Bertz CT molecular complexity index is 453. The van der Waals surface area contributed by atoms with Crippen molar-refractivity contribution in [2.45, 2.75) is 32.6 Å². The molecule has 1 saturated heterocycles. The van der Waals surface area contributed by atoms with Gasteiger partial charge in [-0.2, -0.15) is 0 Å². The summed E-state index contributed by atoms with van der Waals surface area (Å²) >= 11 is 0. The second-order valence-electron chi connectivity index (χ2n) is 5.86. The SMILES string of the molecule is COc1ccc(CCCN=C(N)N2CCC(C)CC2)cc1.I. The van der Waals surface area contributed by atoms with Crippen LogP contribution in [0.5, 0.6) is 5.75 Å². The minimum atomic E-state index is 0. The number of piperidine rings is 1. The molecule has 0 bridgehead atoms. The molecule has 1 heterocycles. The molecule has 1 aliphatic heterocycles. The molecule has 0 atom stereocenters. The molecule has 1 fully saturated rings. The predicted octanol–water partition coefficient (Wildman–Crippen LogP) is 3.29. The van der Waals surface area contributed by atoms with Crippen LogP contribution in [0, 0.1) is 5.92 Å². The summed E-state index contributed by atoms with van der Waals surface area (Å²) in [5.74, 6) is 2.45. The van der Waals surface area contributed by atoms with Crippen LogP contribution in [-0.4, -0.2) is 37.6 Å². The molecule has 0 aliphatic carbocycles. The van der Waals surface area contributed by atoms with Crippen molar-refractivity contribution in [2.24, 2.45) is 16.6 Å². The summed E-state index contributed by atoms with van der Waals surface area (Å²) < 4.78 is 5.16. The Kier molecular flexibility index (Phi) is 8.60. The van der Waals surface area contributed by atoms with Gasteiger partial charge < -0.3 is 15.4 Å². The predicted molar refractivity (Wildman–Crippen MR) is 103 cm³/mol. The second kappa shape index (κ2) is 9.92. The zero-order chi connectivity index (χ0) is 15.1. The zero-order valence-corrected chi connectivity index (χ0v) is 16.0. The van der Waals surface area contributed by atoms with Crippen molar-refractivity contribution in [2.75, 3.05) is 26.7 Å². The topological polar surface area (TPSA) is 50.9 Å². The van der Waals surface area contributed by atoms with Gasteiger partial charge in [0, 0.05) is 19.6 Å². The van der Waals surface area contributed by atoms with E-state index in [0.29, 0.717) is 0 Å². The molecular formula is C17H28IN3O. The fourth-order valence-corrected chi connectivity index (χ4v) is 2.61. The van der Waals surface area contributed by atoms with Gasteiger partial charge >= 0.3 is 0 Å². The van der Waals surface area contributed by atoms with Crippen LogP contribution in [0.1, 0.15) is 31.7 Å². The Morgan fingerprint density at radius 3 is 2.50 bits per heavy atom. The lowest BCUT2D eigenvalue weighted by Gasteiger charge is -2.31. The molecular weight excluding hydrogens is 389 g/mol. The highest BCUT2D eigenvalue weighted by Gasteiger charge is 2.16. The highest BCUT2D eigenvalue weighted by Crippen LogP contribution is 2.15. The molecule has 0 radical (unpaired) electrons. The molecule has 22 heavy (non-hydrogen) atoms. The molecule has 4 nitrogen and oxygen atoms in total. The first-order valence-corrected chi connectivity index (χ1v) is 7.87. The number of ether oxygens (including phenoxy) is 1. The van der Waals surface area contributed by atoms with E-state index in [2.05, 4.69) is 28.9 Å². The molecule has 0 spiro atoms. The highest BCUT2D eigenvalue weighted by atomic mass is 127. The van der Waals surface area contributed by atoms with Crippen LogP contribution < -0.4 is 10.5 Å². The van der Waals surface area contributed by atoms with Crippen molar-refractivity contribution in [3.8, 4) is 5.75 Å². The Morgan fingerprint density at radius 1 is 1.27 bits per heavy atom. The number of halogens is 1. The monoisotopic (exact) mass is 417 g/mol. The summed E-state index contributed by atoms with van der Waals surface area (Å²) in [7, 11) is 1.69. The minimum absolute atomic E-state index is 0. The Labute approximate surface area is 151 Å². The summed E-state index contributed by atoms with van der Waals surface area (Å²) in [4.78, 5) is 6.73. The second-order valence-corrected chi connectivity index (χ2v) is 5.86. The third-order valence-corrected chi connectivity index (χ3v) is 4.16. The van der Waals surface area contributed by atoms with Crippen LogP contribution in [-0.2, 0) is 6.42 Å². The largest absolute Gasteiger partial charge is 0.497 e. The van der Waals surface area contributed by atoms with E-state index in [9.17, 15) is 0 Å². The molecule has 0 saturated carbocycles. The van der Waals surface area contributed by atoms with Gasteiger partial charge in [0.25, 0.3) is 0 Å². The highest BCUT2D eigenvalue weighted by molar-refractivity contribution is 14.0. The summed E-state index contributed by atoms with van der Waals surface area (Å²) in [6, 6.07) is 8.22. The average molecular weight is 417 g/mol. The fourth-order valence-electron chi connectivity index (χ4n) is 2.61. The van der Waals surface area contributed by atoms with Crippen LogP contribution in [0.3, 0.4) is 0 Å². The van der Waals surface area contributed by atoms with Gasteiger partial charge in [-0.25, -0.2) is 0 Å². The molecule has 0 unspecified atom stereocenters. The summed E-state index contributed by atoms with van der Waals surface area (Å²) in [6.07, 6.45) is 4.50. The number of aryl methyl sites for hydroxylation is 1. The van der Waals surface area contributed by atoms with Gasteiger partial charge in [-0.15, -0.1) is 24.0 Å². The number of aliphatic imine (C=N–C) groups is 1. The smallest absolute Gasteiger partial charge is 0.191 e. The molecule has 2 rings (SSSR count). The first kappa shape index (κ1) is 19.1. The molecule has 124 valence electrons. The average Bonchev–Trinajstić information content (AvgIpc) is 2.52. The number of hydrogen-bond acceptors (Lipinski definition) is 2. The van der Waals surface area contributed by atoms with E-state index in [-0.39, 0.29) is 24.0 Å². The number of benzene rings is 1. The summed E-state index contributed by atoms with van der Waals surface area (Å²) in [6.45, 7) is 5.20. The minimum Gasteiger partial charge on any atom is -0.497 e. The Balaban J connectivity index is 0.00000242. The number of nitrogens with zero attached hydrogens (tertiary/aromatic N) is 2. The molecule has 0 amide bonds. The van der Waals surface area contributed by atoms with Gasteiger partial charge in [0.2, 0.25) is 0 Å². The van der Waals surface area contributed by atoms with Crippen LogP contribution in [0.25, 0.3) is 0 Å². The Morgan fingerprint density at radius 2 is 1.91 bits per heavy atom. The van der Waals surface area contributed by atoms with Crippen LogP contribution >= 0.6 is 24.0 Å². The summed E-state index contributed by atoms with van der Waals surface area (Å²) in [5.41, 5.74) is 7.39. The van der Waals surface area contributed by atoms with Crippen LogP contribution in [0.4, 0.5) is 0 Å². The van der Waals surface area contributed by atoms with Gasteiger partial charge in [0.1, 0.15) is 5.75 Å². The lowest BCUT2D eigenvalue weighted by molar-refractivity contribution is 0.277. The first-order valence-electron chi connectivity index (χ1n) is 7.87. The molecule has 1 aromatic rings. The van der Waals surface area contributed by atoms with Gasteiger partial charge in [-0.1, -0.05) is 19.1 Å². The van der Waals surface area contributed by atoms with Crippen LogP contribution in [0.15, 0.2) is 29.3 Å².